The van der Waals surface area contributed by atoms with Gasteiger partial charge < -0.3 is 14.5 Å². The van der Waals surface area contributed by atoms with Crippen molar-refractivity contribution in [2.75, 3.05) is 40.3 Å². The summed E-state index contributed by atoms with van der Waals surface area (Å²) >= 11 is 0. The van der Waals surface area contributed by atoms with Gasteiger partial charge in [0.1, 0.15) is 0 Å². The van der Waals surface area contributed by atoms with E-state index in [-0.39, 0.29) is 11.3 Å². The van der Waals surface area contributed by atoms with Crippen LogP contribution in [0.3, 0.4) is 0 Å². The van der Waals surface area contributed by atoms with Gasteiger partial charge in [0.2, 0.25) is 10.0 Å². The summed E-state index contributed by atoms with van der Waals surface area (Å²) in [5.41, 5.74) is 0. The lowest BCUT2D eigenvalue weighted by Crippen LogP contribution is -2.54. The predicted octanol–water partition coefficient (Wildman–Crippen LogP) is 2.45. The van der Waals surface area contributed by atoms with E-state index in [4.69, 9.17) is 4.74 Å². The molecule has 2 aliphatic carbocycles. The van der Waals surface area contributed by atoms with Gasteiger partial charge in [0.25, 0.3) is 0 Å². The zero-order valence-electron chi connectivity index (χ0n) is 18.4. The summed E-state index contributed by atoms with van der Waals surface area (Å²) in [4.78, 5) is 4.79. The van der Waals surface area contributed by atoms with Gasteiger partial charge in [0, 0.05) is 25.2 Å². The number of likely N-dealkylation sites (tertiary alicyclic amines) is 1. The van der Waals surface area contributed by atoms with Crippen LogP contribution in [0, 0.1) is 11.8 Å². The molecule has 0 aromatic rings. The number of fused-ring (bicyclic) bond motifs is 1. The first-order valence-corrected chi connectivity index (χ1v) is 13.5. The van der Waals surface area contributed by atoms with E-state index in [1.807, 2.05) is 0 Å². The highest BCUT2D eigenvalue weighted by Crippen LogP contribution is 2.44. The fourth-order valence-electron chi connectivity index (χ4n) is 6.57. The van der Waals surface area contributed by atoms with Crippen LogP contribution >= 0.6 is 0 Å². The first-order chi connectivity index (χ1) is 13.9. The van der Waals surface area contributed by atoms with Gasteiger partial charge in [-0.05, 0) is 90.4 Å². The molecule has 7 heteroatoms. The number of hydrogen-bond acceptors (Lipinski definition) is 5. The van der Waals surface area contributed by atoms with E-state index >= 15 is 0 Å². The number of nitrogens with zero attached hydrogens (tertiary/aromatic N) is 2. The van der Waals surface area contributed by atoms with Crippen LogP contribution in [-0.4, -0.2) is 82.0 Å². The van der Waals surface area contributed by atoms with Crippen molar-refractivity contribution >= 4 is 10.0 Å². The summed E-state index contributed by atoms with van der Waals surface area (Å²) in [5, 5.41) is -0.186. The van der Waals surface area contributed by atoms with Crippen LogP contribution in [0.25, 0.3) is 0 Å². The van der Waals surface area contributed by atoms with Gasteiger partial charge in [-0.3, -0.25) is 0 Å². The Morgan fingerprint density at radius 1 is 0.931 bits per heavy atom. The molecule has 0 radical (unpaired) electrons. The van der Waals surface area contributed by atoms with Crippen molar-refractivity contribution in [3.63, 3.8) is 0 Å². The monoisotopic (exact) mass is 427 g/mol. The van der Waals surface area contributed by atoms with Gasteiger partial charge in [0.05, 0.1) is 11.4 Å². The molecule has 2 heterocycles. The van der Waals surface area contributed by atoms with Crippen molar-refractivity contribution < 1.29 is 13.2 Å². The minimum atomic E-state index is -3.25. The number of ether oxygens (including phenoxy) is 1. The fourth-order valence-corrected chi connectivity index (χ4v) is 8.72. The van der Waals surface area contributed by atoms with Gasteiger partial charge in [-0.15, -0.1) is 0 Å². The Labute approximate surface area is 177 Å². The lowest BCUT2D eigenvalue weighted by Gasteiger charge is -2.47. The maximum Gasteiger partial charge on any atom is 0.215 e. The van der Waals surface area contributed by atoms with E-state index in [0.29, 0.717) is 24.0 Å². The first-order valence-electron chi connectivity index (χ1n) is 12.0. The molecular weight excluding hydrogens is 386 g/mol. The number of rotatable bonds is 6. The molecule has 5 unspecified atom stereocenters. The average molecular weight is 428 g/mol. The van der Waals surface area contributed by atoms with Crippen molar-refractivity contribution in [1.29, 1.82) is 0 Å². The molecule has 0 aromatic carbocycles. The van der Waals surface area contributed by atoms with Crippen molar-refractivity contribution in [2.45, 2.75) is 87.6 Å². The molecule has 2 aliphatic heterocycles. The van der Waals surface area contributed by atoms with Crippen LogP contribution in [-0.2, 0) is 14.8 Å². The third-order valence-electron chi connectivity index (χ3n) is 8.05. The van der Waals surface area contributed by atoms with Crippen LogP contribution in [0.2, 0.25) is 0 Å². The second-order valence-electron chi connectivity index (χ2n) is 10.1. The van der Waals surface area contributed by atoms with E-state index < -0.39 is 10.0 Å². The predicted molar refractivity (Wildman–Crippen MR) is 116 cm³/mol. The minimum absolute atomic E-state index is 0.106. The maximum absolute atomic E-state index is 13.4. The summed E-state index contributed by atoms with van der Waals surface area (Å²) < 4.78 is 35.7. The van der Waals surface area contributed by atoms with E-state index in [1.54, 1.807) is 0 Å². The highest BCUT2D eigenvalue weighted by molar-refractivity contribution is 7.90. The molecule has 2 saturated heterocycles. The SMILES string of the molecule is CN(C)C1CCCC2C1CCCC2S(=O)(=O)NC1CCN(CC2CCCO2)CC1. The highest BCUT2D eigenvalue weighted by atomic mass is 32.2. The molecule has 168 valence electrons. The smallest absolute Gasteiger partial charge is 0.215 e. The molecule has 0 spiro atoms. The van der Waals surface area contributed by atoms with Gasteiger partial charge >= 0.3 is 0 Å². The Hall–Kier alpha value is -0.210. The molecular formula is C22H41N3O3S. The fraction of sp³-hybridized carbons (Fsp3) is 1.00. The molecule has 2 saturated carbocycles. The second kappa shape index (κ2) is 9.51. The van der Waals surface area contributed by atoms with Crippen molar-refractivity contribution in [1.82, 2.24) is 14.5 Å². The largest absolute Gasteiger partial charge is 0.377 e. The molecule has 4 rings (SSSR count). The second-order valence-corrected chi connectivity index (χ2v) is 12.1. The standard InChI is InChI=1S/C22H41N3O3S/c1-24(2)21-9-3-8-20-19(21)7-4-10-22(20)29(26,27)23-17-11-13-25(14-12-17)16-18-6-5-15-28-18/h17-23H,3-16H2,1-2H3. The molecule has 29 heavy (non-hydrogen) atoms. The van der Waals surface area contributed by atoms with E-state index in [0.717, 1.165) is 64.8 Å². The molecule has 0 bridgehead atoms. The Kier molecular flexibility index (Phi) is 7.22. The molecule has 6 nitrogen and oxygen atoms in total. The summed E-state index contributed by atoms with van der Waals surface area (Å²) in [7, 11) is 1.07. The van der Waals surface area contributed by atoms with Crippen molar-refractivity contribution in [3.8, 4) is 0 Å². The van der Waals surface area contributed by atoms with Crippen LogP contribution < -0.4 is 4.72 Å². The lowest BCUT2D eigenvalue weighted by molar-refractivity contribution is 0.0633. The topological polar surface area (TPSA) is 61.9 Å². The van der Waals surface area contributed by atoms with Crippen LogP contribution in [0.1, 0.15) is 64.2 Å². The van der Waals surface area contributed by atoms with Crippen LogP contribution in [0.5, 0.6) is 0 Å². The molecule has 4 fully saturated rings. The summed E-state index contributed by atoms with van der Waals surface area (Å²) in [6, 6.07) is 0.655. The number of sulfonamides is 1. The zero-order chi connectivity index (χ0) is 20.4. The van der Waals surface area contributed by atoms with Gasteiger partial charge in [-0.25, -0.2) is 13.1 Å². The minimum Gasteiger partial charge on any atom is -0.377 e. The van der Waals surface area contributed by atoms with E-state index in [2.05, 4.69) is 28.6 Å². The Morgan fingerprint density at radius 2 is 1.66 bits per heavy atom. The van der Waals surface area contributed by atoms with Gasteiger partial charge in [-0.1, -0.05) is 12.8 Å². The van der Waals surface area contributed by atoms with E-state index in [1.165, 1.54) is 25.7 Å². The molecule has 0 aromatic heterocycles. The Balaban J connectivity index is 1.32. The third-order valence-corrected chi connectivity index (χ3v) is 10.1. The van der Waals surface area contributed by atoms with Crippen LogP contribution in [0.4, 0.5) is 0 Å². The third kappa shape index (κ3) is 5.17. The van der Waals surface area contributed by atoms with Crippen LogP contribution in [0.15, 0.2) is 0 Å². The average Bonchev–Trinajstić information content (AvgIpc) is 3.21. The normalized spacial score (nSPS) is 37.7. The van der Waals surface area contributed by atoms with Crippen molar-refractivity contribution in [3.05, 3.63) is 0 Å². The van der Waals surface area contributed by atoms with E-state index in [9.17, 15) is 8.42 Å². The Morgan fingerprint density at radius 3 is 2.34 bits per heavy atom. The number of nitrogens with one attached hydrogen (secondary N) is 1. The lowest BCUT2D eigenvalue weighted by atomic mass is 9.68. The molecule has 5 atom stereocenters. The Bertz CT molecular complexity index is 627. The maximum atomic E-state index is 13.4. The summed E-state index contributed by atoms with van der Waals surface area (Å²) in [6.07, 6.45) is 11.1. The zero-order valence-corrected chi connectivity index (χ0v) is 19.2. The van der Waals surface area contributed by atoms with Gasteiger partial charge in [0.15, 0.2) is 0 Å². The molecule has 0 amide bonds. The molecule has 4 aliphatic rings. The highest BCUT2D eigenvalue weighted by Gasteiger charge is 2.46. The molecule has 1 N–H and O–H groups in total. The summed E-state index contributed by atoms with van der Waals surface area (Å²) in [6.45, 7) is 3.87. The summed E-state index contributed by atoms with van der Waals surface area (Å²) in [5.74, 6) is 0.879. The number of hydrogen-bond donors (Lipinski definition) is 1. The van der Waals surface area contributed by atoms with Gasteiger partial charge in [-0.2, -0.15) is 0 Å². The quantitative estimate of drug-likeness (QED) is 0.706. The first kappa shape index (κ1) is 22.0. The van der Waals surface area contributed by atoms with Crippen molar-refractivity contribution in [2.24, 2.45) is 11.8 Å². The number of piperidine rings is 1.